The number of amides is 1. The van der Waals surface area contributed by atoms with Crippen molar-refractivity contribution < 1.29 is 19.5 Å². The van der Waals surface area contributed by atoms with Crippen LogP contribution in [-0.2, 0) is 17.6 Å². The molecule has 0 bridgehead atoms. The van der Waals surface area contributed by atoms with E-state index >= 15 is 0 Å². The summed E-state index contributed by atoms with van der Waals surface area (Å²) < 4.78 is 14.1. The molecule has 174 valence electrons. The lowest BCUT2D eigenvalue weighted by molar-refractivity contribution is -0.115. The van der Waals surface area contributed by atoms with E-state index in [9.17, 15) is 10.0 Å². The van der Waals surface area contributed by atoms with Gasteiger partial charge in [-0.25, -0.2) is 0 Å². The van der Waals surface area contributed by atoms with Crippen LogP contribution in [0.5, 0.6) is 11.5 Å². The van der Waals surface area contributed by atoms with Crippen LogP contribution in [0.15, 0.2) is 47.3 Å². The predicted octanol–water partition coefficient (Wildman–Crippen LogP) is 5.20. The number of hydrogen-bond donors (Lipinski definition) is 3. The van der Waals surface area contributed by atoms with E-state index in [1.165, 1.54) is 0 Å². The number of nitrogens with one attached hydrogen (secondary N) is 1. The zero-order valence-electron chi connectivity index (χ0n) is 17.3. The smallest absolute Gasteiger partial charge is 0.269 e. The summed E-state index contributed by atoms with van der Waals surface area (Å²) in [5, 5.41) is 15.3. The molecular weight excluding hydrogens is 678 g/mol. The van der Waals surface area contributed by atoms with Crippen molar-refractivity contribution in [2.75, 3.05) is 26.8 Å². The molecule has 0 unspecified atom stereocenters. The Hall–Kier alpha value is -1.14. The van der Waals surface area contributed by atoms with Crippen LogP contribution in [0.4, 0.5) is 0 Å². The molecule has 2 aromatic carbocycles. The molecule has 0 aromatic heterocycles. The minimum absolute atomic E-state index is 0.0139. The van der Waals surface area contributed by atoms with Crippen LogP contribution in [0.25, 0.3) is 0 Å². The third-order valence-electron chi connectivity index (χ3n) is 4.37. The fourth-order valence-corrected chi connectivity index (χ4v) is 5.95. The molecule has 0 aliphatic carbocycles. The molecule has 0 heterocycles. The molecule has 4 N–H and O–H groups in total. The van der Waals surface area contributed by atoms with Crippen molar-refractivity contribution in [1.29, 1.82) is 0 Å². The summed E-state index contributed by atoms with van der Waals surface area (Å²) in [5.41, 5.74) is 7.30. The fraction of sp³-hybridized carbons (Fsp3) is 0.333. The lowest BCUT2D eigenvalue weighted by Gasteiger charge is -2.13. The maximum absolute atomic E-state index is 12.5. The number of ether oxygens (including phenoxy) is 2. The number of nitrogens with two attached hydrogens (primary N) is 1. The third-order valence-corrected chi connectivity index (χ3v) is 6.72. The largest absolute Gasteiger partial charge is 0.494 e. The summed E-state index contributed by atoms with van der Waals surface area (Å²) in [7, 11) is 1.57. The average Bonchev–Trinajstić information content (AvgIpc) is 2.73. The van der Waals surface area contributed by atoms with E-state index in [0.717, 1.165) is 41.2 Å². The van der Waals surface area contributed by atoms with Gasteiger partial charge in [-0.05, 0) is 118 Å². The van der Waals surface area contributed by atoms with Gasteiger partial charge < -0.3 is 25.7 Å². The highest BCUT2D eigenvalue weighted by Crippen LogP contribution is 2.35. The first-order valence-corrected chi connectivity index (χ1v) is 12.8. The van der Waals surface area contributed by atoms with E-state index in [2.05, 4.69) is 74.2 Å². The molecule has 2 aromatic rings. The number of benzene rings is 2. The minimum Gasteiger partial charge on any atom is -0.494 e. The number of oxime groups is 1. The summed E-state index contributed by atoms with van der Waals surface area (Å²) in [6.45, 7) is 1.48. The van der Waals surface area contributed by atoms with Gasteiger partial charge in [0.2, 0.25) is 0 Å². The van der Waals surface area contributed by atoms with Crippen LogP contribution >= 0.6 is 63.7 Å². The molecular formula is C21H23Br4N3O4. The molecule has 0 fully saturated rings. The summed E-state index contributed by atoms with van der Waals surface area (Å²) in [6.07, 6.45) is 1.52. The Morgan fingerprint density at radius 2 is 1.59 bits per heavy atom. The van der Waals surface area contributed by atoms with Crippen molar-refractivity contribution in [1.82, 2.24) is 5.32 Å². The van der Waals surface area contributed by atoms with Crippen molar-refractivity contribution in [2.45, 2.75) is 19.3 Å². The fourth-order valence-electron chi connectivity index (χ4n) is 2.84. The van der Waals surface area contributed by atoms with E-state index in [0.29, 0.717) is 31.9 Å². The van der Waals surface area contributed by atoms with Gasteiger partial charge in [0.1, 0.15) is 17.2 Å². The van der Waals surface area contributed by atoms with Crippen molar-refractivity contribution in [3.05, 3.63) is 53.3 Å². The summed E-state index contributed by atoms with van der Waals surface area (Å²) >= 11 is 13.9. The first kappa shape index (κ1) is 27.1. The first-order valence-electron chi connectivity index (χ1n) is 9.62. The van der Waals surface area contributed by atoms with Crippen molar-refractivity contribution in [2.24, 2.45) is 10.9 Å². The number of nitrogens with zero attached hydrogens (tertiary/aromatic N) is 1. The lowest BCUT2D eigenvalue weighted by Crippen LogP contribution is -2.33. The predicted molar refractivity (Wildman–Crippen MR) is 139 cm³/mol. The average molecular weight is 701 g/mol. The SMILES string of the molecule is COc1c(Br)cc(C/C(=N\O)C(=O)NCCc2cc(Br)c(OCCCN)c(Br)c2)cc1Br. The Morgan fingerprint density at radius 1 is 1.03 bits per heavy atom. The van der Waals surface area contributed by atoms with Crippen LogP contribution in [0.1, 0.15) is 17.5 Å². The van der Waals surface area contributed by atoms with Gasteiger partial charge in [0.05, 0.1) is 31.6 Å². The van der Waals surface area contributed by atoms with Gasteiger partial charge in [-0.15, -0.1) is 0 Å². The van der Waals surface area contributed by atoms with Gasteiger partial charge in [0.15, 0.2) is 0 Å². The number of hydrogen-bond acceptors (Lipinski definition) is 6. The topological polar surface area (TPSA) is 106 Å². The van der Waals surface area contributed by atoms with Crippen molar-refractivity contribution >= 4 is 75.3 Å². The van der Waals surface area contributed by atoms with Crippen LogP contribution in [0.3, 0.4) is 0 Å². The van der Waals surface area contributed by atoms with Gasteiger partial charge in [0, 0.05) is 13.0 Å². The Labute approximate surface area is 220 Å². The number of carbonyl (C=O) groups is 1. The van der Waals surface area contributed by atoms with E-state index in [4.69, 9.17) is 15.2 Å². The quantitative estimate of drug-likeness (QED) is 0.129. The molecule has 0 saturated heterocycles. The molecule has 11 heteroatoms. The Balaban J connectivity index is 1.95. The maximum Gasteiger partial charge on any atom is 0.269 e. The Bertz CT molecular complexity index is 940. The number of methoxy groups -OCH3 is 1. The lowest BCUT2D eigenvalue weighted by atomic mass is 10.1. The molecule has 0 atom stereocenters. The zero-order valence-corrected chi connectivity index (χ0v) is 23.6. The van der Waals surface area contributed by atoms with Gasteiger partial charge in [-0.2, -0.15) is 0 Å². The Morgan fingerprint density at radius 3 is 2.12 bits per heavy atom. The van der Waals surface area contributed by atoms with Gasteiger partial charge in [-0.3, -0.25) is 4.79 Å². The second kappa shape index (κ2) is 13.5. The van der Waals surface area contributed by atoms with Gasteiger partial charge in [0.25, 0.3) is 5.91 Å². The number of rotatable bonds is 11. The molecule has 0 aliphatic rings. The first-order chi connectivity index (χ1) is 15.3. The highest BCUT2D eigenvalue weighted by atomic mass is 79.9. The van der Waals surface area contributed by atoms with E-state index < -0.39 is 5.91 Å². The molecule has 0 aliphatic heterocycles. The van der Waals surface area contributed by atoms with Crippen LogP contribution in [0.2, 0.25) is 0 Å². The van der Waals surface area contributed by atoms with E-state index in [1.807, 2.05) is 24.3 Å². The number of halogens is 4. The van der Waals surface area contributed by atoms with Crippen molar-refractivity contribution in [3.8, 4) is 11.5 Å². The monoisotopic (exact) mass is 697 g/mol. The molecule has 1 amide bonds. The van der Waals surface area contributed by atoms with E-state index in [-0.39, 0.29) is 12.1 Å². The summed E-state index contributed by atoms with van der Waals surface area (Å²) in [5.74, 6) is 0.932. The third kappa shape index (κ3) is 7.72. The zero-order chi connectivity index (χ0) is 23.7. The molecule has 0 radical (unpaired) electrons. The normalized spacial score (nSPS) is 11.4. The minimum atomic E-state index is -0.435. The van der Waals surface area contributed by atoms with Crippen molar-refractivity contribution in [3.63, 3.8) is 0 Å². The van der Waals surface area contributed by atoms with Gasteiger partial charge in [-0.1, -0.05) is 5.16 Å². The van der Waals surface area contributed by atoms with E-state index in [1.54, 1.807) is 7.11 Å². The highest BCUT2D eigenvalue weighted by Gasteiger charge is 2.16. The molecule has 2 rings (SSSR count). The summed E-state index contributed by atoms with van der Waals surface area (Å²) in [6, 6.07) is 7.52. The number of carbonyl (C=O) groups excluding carboxylic acids is 1. The molecule has 0 saturated carbocycles. The second-order valence-electron chi connectivity index (χ2n) is 6.70. The summed E-state index contributed by atoms with van der Waals surface area (Å²) in [4.78, 5) is 12.5. The standard InChI is InChI=1S/C21H23Br4N3O4/c1-31-19-14(22)9-13(10-15(19)23)11-18(28-30)21(29)27-5-3-12-7-16(24)20(17(25)8-12)32-6-2-4-26/h7-10,30H,2-6,11,26H2,1H3,(H,27,29)/b28-18+. The van der Waals surface area contributed by atoms with Crippen LogP contribution in [0, 0.1) is 0 Å². The molecule has 7 nitrogen and oxygen atoms in total. The maximum atomic E-state index is 12.5. The highest BCUT2D eigenvalue weighted by molar-refractivity contribution is 9.11. The van der Waals surface area contributed by atoms with Gasteiger partial charge >= 0.3 is 0 Å². The van der Waals surface area contributed by atoms with Crippen LogP contribution < -0.4 is 20.5 Å². The van der Waals surface area contributed by atoms with Crippen LogP contribution in [-0.4, -0.2) is 43.6 Å². The Kier molecular flexibility index (Phi) is 11.5. The molecule has 32 heavy (non-hydrogen) atoms. The molecule has 0 spiro atoms. The second-order valence-corrected chi connectivity index (χ2v) is 10.1.